The minimum Gasteiger partial charge on any atom is -0.334 e. The molecule has 0 aromatic heterocycles. The Morgan fingerprint density at radius 3 is 2.67 bits per heavy atom. The summed E-state index contributed by atoms with van der Waals surface area (Å²) in [6.45, 7) is 4.22. The van der Waals surface area contributed by atoms with E-state index < -0.39 is 11.0 Å². The molecule has 0 radical (unpaired) electrons. The van der Waals surface area contributed by atoms with Crippen molar-refractivity contribution in [1.82, 2.24) is 4.90 Å². The second kappa shape index (κ2) is 6.22. The van der Waals surface area contributed by atoms with E-state index in [2.05, 4.69) is 0 Å². The topological polar surface area (TPSA) is 89.5 Å². The summed E-state index contributed by atoms with van der Waals surface area (Å²) in [6.07, 6.45) is 1.96. The molecule has 1 aromatic rings. The van der Waals surface area contributed by atoms with Gasteiger partial charge in [-0.25, -0.2) is 0 Å². The summed E-state index contributed by atoms with van der Waals surface area (Å²) in [5, 5.41) is 10.8. The van der Waals surface area contributed by atoms with Crippen molar-refractivity contribution < 1.29 is 9.72 Å². The second-order valence-corrected chi connectivity index (χ2v) is 5.89. The zero-order valence-corrected chi connectivity index (χ0v) is 12.4. The van der Waals surface area contributed by atoms with Crippen LogP contribution in [-0.4, -0.2) is 27.8 Å². The van der Waals surface area contributed by atoms with Gasteiger partial charge in [-0.2, -0.15) is 0 Å². The number of benzene rings is 1. The first kappa shape index (κ1) is 15.4. The Morgan fingerprint density at radius 1 is 1.48 bits per heavy atom. The van der Waals surface area contributed by atoms with Crippen LogP contribution in [-0.2, 0) is 11.3 Å². The zero-order chi connectivity index (χ0) is 15.6. The SMILES string of the molecule is CC(C)C(N)C(=O)N(Cc1cccc([N+](=O)[O-])c1)C1CC1. The van der Waals surface area contributed by atoms with E-state index >= 15 is 0 Å². The van der Waals surface area contributed by atoms with E-state index in [4.69, 9.17) is 5.73 Å². The van der Waals surface area contributed by atoms with Crippen molar-refractivity contribution in [3.05, 3.63) is 39.9 Å². The third-order valence-electron chi connectivity index (χ3n) is 3.75. The lowest BCUT2D eigenvalue weighted by Gasteiger charge is -2.27. The third-order valence-corrected chi connectivity index (χ3v) is 3.75. The molecule has 1 aliphatic rings. The molecule has 1 amide bonds. The fourth-order valence-electron chi connectivity index (χ4n) is 2.21. The molecular weight excluding hydrogens is 270 g/mol. The van der Waals surface area contributed by atoms with E-state index in [0.29, 0.717) is 6.54 Å². The van der Waals surface area contributed by atoms with E-state index in [1.54, 1.807) is 17.0 Å². The van der Waals surface area contributed by atoms with Crippen LogP contribution in [0.2, 0.25) is 0 Å². The molecule has 6 nitrogen and oxygen atoms in total. The highest BCUT2D eigenvalue weighted by Gasteiger charge is 2.35. The van der Waals surface area contributed by atoms with Gasteiger partial charge < -0.3 is 10.6 Å². The van der Waals surface area contributed by atoms with Crippen LogP contribution in [0.4, 0.5) is 5.69 Å². The van der Waals surface area contributed by atoms with Crippen LogP contribution < -0.4 is 5.73 Å². The normalized spacial score (nSPS) is 15.8. The third kappa shape index (κ3) is 3.78. The predicted octanol–water partition coefficient (Wildman–Crippen LogP) is 2.07. The lowest BCUT2D eigenvalue weighted by molar-refractivity contribution is -0.384. The van der Waals surface area contributed by atoms with E-state index in [0.717, 1.165) is 18.4 Å². The van der Waals surface area contributed by atoms with Gasteiger partial charge in [-0.05, 0) is 24.3 Å². The number of amides is 1. The molecule has 1 atom stereocenters. The maximum atomic E-state index is 12.5. The maximum absolute atomic E-state index is 12.5. The van der Waals surface area contributed by atoms with E-state index in [9.17, 15) is 14.9 Å². The monoisotopic (exact) mass is 291 g/mol. The van der Waals surface area contributed by atoms with Gasteiger partial charge in [-0.3, -0.25) is 14.9 Å². The van der Waals surface area contributed by atoms with E-state index in [1.165, 1.54) is 12.1 Å². The summed E-state index contributed by atoms with van der Waals surface area (Å²) in [6, 6.07) is 6.11. The summed E-state index contributed by atoms with van der Waals surface area (Å²) < 4.78 is 0. The van der Waals surface area contributed by atoms with Gasteiger partial charge in [0, 0.05) is 24.7 Å². The van der Waals surface area contributed by atoms with Crippen molar-refractivity contribution in [3.8, 4) is 0 Å². The quantitative estimate of drug-likeness (QED) is 0.641. The van der Waals surface area contributed by atoms with Gasteiger partial charge in [-0.15, -0.1) is 0 Å². The lowest BCUT2D eigenvalue weighted by atomic mass is 10.0. The highest BCUT2D eigenvalue weighted by Crippen LogP contribution is 2.30. The van der Waals surface area contributed by atoms with Crippen LogP contribution in [0.5, 0.6) is 0 Å². The van der Waals surface area contributed by atoms with Gasteiger partial charge in [0.25, 0.3) is 5.69 Å². The highest BCUT2D eigenvalue weighted by atomic mass is 16.6. The Morgan fingerprint density at radius 2 is 2.14 bits per heavy atom. The first-order chi connectivity index (χ1) is 9.90. The van der Waals surface area contributed by atoms with Gasteiger partial charge in [0.15, 0.2) is 0 Å². The predicted molar refractivity (Wildman–Crippen MR) is 79.5 cm³/mol. The van der Waals surface area contributed by atoms with Crippen LogP contribution in [0.25, 0.3) is 0 Å². The number of hydrogen-bond acceptors (Lipinski definition) is 4. The molecule has 2 N–H and O–H groups in total. The fraction of sp³-hybridized carbons (Fsp3) is 0.533. The summed E-state index contributed by atoms with van der Waals surface area (Å²) in [5.74, 6) is 0.00265. The molecule has 0 saturated heterocycles. The molecule has 2 rings (SSSR count). The number of hydrogen-bond donors (Lipinski definition) is 1. The van der Waals surface area contributed by atoms with E-state index in [-0.39, 0.29) is 23.6 Å². The Kier molecular flexibility index (Phi) is 4.57. The lowest BCUT2D eigenvalue weighted by Crippen LogP contribution is -2.47. The number of carbonyl (C=O) groups is 1. The van der Waals surface area contributed by atoms with Crippen LogP contribution in [0, 0.1) is 16.0 Å². The Bertz CT molecular complexity index is 541. The van der Waals surface area contributed by atoms with Crippen molar-refractivity contribution in [1.29, 1.82) is 0 Å². The van der Waals surface area contributed by atoms with Gasteiger partial charge in [0.2, 0.25) is 5.91 Å². The Hall–Kier alpha value is -1.95. The number of nitrogens with zero attached hydrogens (tertiary/aromatic N) is 2. The van der Waals surface area contributed by atoms with Crippen LogP contribution in [0.15, 0.2) is 24.3 Å². The molecule has 1 aliphatic carbocycles. The second-order valence-electron chi connectivity index (χ2n) is 5.89. The van der Waals surface area contributed by atoms with Crippen molar-refractivity contribution in [2.45, 2.75) is 45.3 Å². The Balaban J connectivity index is 2.15. The van der Waals surface area contributed by atoms with Gasteiger partial charge in [0.05, 0.1) is 11.0 Å². The first-order valence-corrected chi connectivity index (χ1v) is 7.19. The smallest absolute Gasteiger partial charge is 0.269 e. The van der Waals surface area contributed by atoms with Gasteiger partial charge in [0.1, 0.15) is 0 Å². The first-order valence-electron chi connectivity index (χ1n) is 7.19. The summed E-state index contributed by atoms with van der Waals surface area (Å²) in [4.78, 5) is 24.6. The molecule has 21 heavy (non-hydrogen) atoms. The summed E-state index contributed by atoms with van der Waals surface area (Å²) in [5.41, 5.74) is 6.77. The average molecular weight is 291 g/mol. The molecular formula is C15H21N3O3. The van der Waals surface area contributed by atoms with Crippen molar-refractivity contribution in [2.75, 3.05) is 0 Å². The zero-order valence-electron chi connectivity index (χ0n) is 12.4. The van der Waals surface area contributed by atoms with Crippen LogP contribution in [0.3, 0.4) is 0 Å². The molecule has 0 aliphatic heterocycles. The largest absolute Gasteiger partial charge is 0.334 e. The minimum absolute atomic E-state index is 0.0452. The molecule has 0 spiro atoms. The average Bonchev–Trinajstić information content (AvgIpc) is 3.27. The highest BCUT2D eigenvalue weighted by molar-refractivity contribution is 5.82. The molecule has 0 bridgehead atoms. The van der Waals surface area contributed by atoms with Crippen molar-refractivity contribution in [2.24, 2.45) is 11.7 Å². The van der Waals surface area contributed by atoms with Crippen molar-refractivity contribution >= 4 is 11.6 Å². The molecule has 1 aromatic carbocycles. The summed E-state index contributed by atoms with van der Waals surface area (Å²) >= 11 is 0. The molecule has 6 heteroatoms. The number of nitro benzene ring substituents is 1. The number of nitrogens with two attached hydrogens (primary N) is 1. The molecule has 114 valence electrons. The summed E-state index contributed by atoms with van der Waals surface area (Å²) in [7, 11) is 0. The number of carbonyl (C=O) groups excluding carboxylic acids is 1. The molecule has 1 unspecified atom stereocenters. The maximum Gasteiger partial charge on any atom is 0.269 e. The molecule has 0 heterocycles. The van der Waals surface area contributed by atoms with E-state index in [1.807, 2.05) is 13.8 Å². The van der Waals surface area contributed by atoms with Crippen LogP contribution in [0.1, 0.15) is 32.3 Å². The van der Waals surface area contributed by atoms with Crippen molar-refractivity contribution in [3.63, 3.8) is 0 Å². The Labute approximate surface area is 124 Å². The number of nitro groups is 1. The standard InChI is InChI=1S/C15H21N3O3/c1-10(2)14(16)15(19)17(12-6-7-12)9-11-4-3-5-13(8-11)18(20)21/h3-5,8,10,12,14H,6-7,9,16H2,1-2H3. The fourth-order valence-corrected chi connectivity index (χ4v) is 2.21. The number of rotatable bonds is 6. The van der Waals surface area contributed by atoms with Gasteiger partial charge in [-0.1, -0.05) is 26.0 Å². The van der Waals surface area contributed by atoms with Gasteiger partial charge >= 0.3 is 0 Å². The molecule has 1 saturated carbocycles. The number of non-ortho nitro benzene ring substituents is 1. The van der Waals surface area contributed by atoms with Crippen LogP contribution >= 0.6 is 0 Å². The molecule has 1 fully saturated rings. The minimum atomic E-state index is -0.524.